The summed E-state index contributed by atoms with van der Waals surface area (Å²) in [6.45, 7) is 5.41. The Morgan fingerprint density at radius 3 is 2.80 bits per heavy atom. The van der Waals surface area contributed by atoms with Crippen molar-refractivity contribution < 1.29 is 0 Å². The zero-order valence-electron chi connectivity index (χ0n) is 9.74. The van der Waals surface area contributed by atoms with Crippen molar-refractivity contribution in [2.45, 2.75) is 52.1 Å². The average Bonchev–Trinajstić information content (AvgIpc) is 2.59. The van der Waals surface area contributed by atoms with Crippen molar-refractivity contribution in [3.8, 4) is 0 Å². The molecule has 2 N–H and O–H groups in total. The van der Waals surface area contributed by atoms with Gasteiger partial charge in [0.05, 0.1) is 12.0 Å². The maximum atomic E-state index is 5.92. The largest absolute Gasteiger partial charge is 0.333 e. The van der Waals surface area contributed by atoms with Gasteiger partial charge in [0, 0.05) is 18.8 Å². The van der Waals surface area contributed by atoms with Gasteiger partial charge in [0.1, 0.15) is 0 Å². The molecule has 1 atom stereocenters. The smallest absolute Gasteiger partial charge is 0.0948 e. The van der Waals surface area contributed by atoms with Crippen molar-refractivity contribution in [3.05, 3.63) is 18.2 Å². The van der Waals surface area contributed by atoms with Crippen LogP contribution in [0.25, 0.3) is 0 Å². The fourth-order valence-corrected chi connectivity index (χ4v) is 2.50. The molecule has 84 valence electrons. The predicted molar refractivity (Wildman–Crippen MR) is 61.4 cm³/mol. The average molecular weight is 207 g/mol. The van der Waals surface area contributed by atoms with Crippen LogP contribution in [0.5, 0.6) is 0 Å². The lowest BCUT2D eigenvalue weighted by atomic mass is 9.67. The molecule has 1 fully saturated rings. The molecule has 2 rings (SSSR count). The molecule has 1 heterocycles. The molecule has 0 saturated heterocycles. The van der Waals surface area contributed by atoms with E-state index in [0.29, 0.717) is 5.41 Å². The molecule has 0 radical (unpaired) electrons. The molecule has 0 spiro atoms. The van der Waals surface area contributed by atoms with Gasteiger partial charge in [-0.3, -0.25) is 0 Å². The van der Waals surface area contributed by atoms with Crippen LogP contribution >= 0.6 is 0 Å². The van der Waals surface area contributed by atoms with E-state index in [9.17, 15) is 0 Å². The molecule has 0 aliphatic heterocycles. The molecular weight excluding hydrogens is 186 g/mol. The predicted octanol–water partition coefficient (Wildman–Crippen LogP) is 2.48. The van der Waals surface area contributed by atoms with Crippen molar-refractivity contribution in [2.24, 2.45) is 11.1 Å². The second-order valence-corrected chi connectivity index (χ2v) is 4.94. The molecule has 3 heteroatoms. The molecule has 15 heavy (non-hydrogen) atoms. The first-order valence-corrected chi connectivity index (χ1v) is 5.92. The number of nitrogens with zero attached hydrogens (tertiary/aromatic N) is 2. The monoisotopic (exact) mass is 207 g/mol. The van der Waals surface area contributed by atoms with E-state index < -0.39 is 0 Å². The van der Waals surface area contributed by atoms with Gasteiger partial charge in [-0.2, -0.15) is 0 Å². The van der Waals surface area contributed by atoms with E-state index in [0.717, 1.165) is 12.2 Å². The normalized spacial score (nSPS) is 21.0. The minimum Gasteiger partial charge on any atom is -0.333 e. The summed E-state index contributed by atoms with van der Waals surface area (Å²) in [6.07, 6.45) is 9.20. The standard InChI is InChI=1S/C12H21N3/c1-3-12(5-4-6-12)8-15-9-14-7-11(15)10(2)13/h7,9-10H,3-6,8,13H2,1-2H3/t10-/m0/s1. The van der Waals surface area contributed by atoms with E-state index in [2.05, 4.69) is 16.5 Å². The number of imidazole rings is 1. The molecule has 1 saturated carbocycles. The van der Waals surface area contributed by atoms with E-state index in [4.69, 9.17) is 5.73 Å². The Kier molecular flexibility index (Phi) is 2.83. The lowest BCUT2D eigenvalue weighted by molar-refractivity contribution is 0.0988. The van der Waals surface area contributed by atoms with E-state index >= 15 is 0 Å². The van der Waals surface area contributed by atoms with Crippen molar-refractivity contribution in [1.82, 2.24) is 9.55 Å². The zero-order chi connectivity index (χ0) is 10.9. The molecule has 0 aromatic carbocycles. The zero-order valence-corrected chi connectivity index (χ0v) is 9.74. The summed E-state index contributed by atoms with van der Waals surface area (Å²) in [5.41, 5.74) is 7.61. The van der Waals surface area contributed by atoms with Crippen LogP contribution in [0.15, 0.2) is 12.5 Å². The van der Waals surface area contributed by atoms with Crippen molar-refractivity contribution in [1.29, 1.82) is 0 Å². The Morgan fingerprint density at radius 2 is 2.33 bits per heavy atom. The van der Waals surface area contributed by atoms with Crippen LogP contribution in [0.4, 0.5) is 0 Å². The minimum absolute atomic E-state index is 0.0847. The molecule has 1 aromatic heterocycles. The second-order valence-electron chi connectivity index (χ2n) is 4.94. The minimum atomic E-state index is 0.0847. The van der Waals surface area contributed by atoms with Crippen LogP contribution in [-0.2, 0) is 6.54 Å². The molecule has 1 aliphatic carbocycles. The van der Waals surface area contributed by atoms with E-state index in [-0.39, 0.29) is 6.04 Å². The number of rotatable bonds is 4. The summed E-state index contributed by atoms with van der Waals surface area (Å²) >= 11 is 0. The van der Waals surface area contributed by atoms with Crippen LogP contribution < -0.4 is 5.73 Å². The van der Waals surface area contributed by atoms with Crippen molar-refractivity contribution in [2.75, 3.05) is 0 Å². The third-order valence-corrected chi connectivity index (χ3v) is 3.88. The maximum Gasteiger partial charge on any atom is 0.0948 e. The van der Waals surface area contributed by atoms with Crippen LogP contribution in [0.1, 0.15) is 51.3 Å². The molecule has 1 aliphatic rings. The molecule has 0 bridgehead atoms. The highest BCUT2D eigenvalue weighted by Gasteiger charge is 2.35. The van der Waals surface area contributed by atoms with Gasteiger partial charge in [-0.25, -0.2) is 4.98 Å². The number of nitrogens with two attached hydrogens (primary N) is 1. The lowest BCUT2D eigenvalue weighted by Gasteiger charge is -2.42. The summed E-state index contributed by atoms with van der Waals surface area (Å²) in [5.74, 6) is 0. The van der Waals surface area contributed by atoms with Crippen molar-refractivity contribution >= 4 is 0 Å². The van der Waals surface area contributed by atoms with Gasteiger partial charge in [-0.1, -0.05) is 13.3 Å². The van der Waals surface area contributed by atoms with Gasteiger partial charge >= 0.3 is 0 Å². The van der Waals surface area contributed by atoms with Gasteiger partial charge in [0.25, 0.3) is 0 Å². The molecule has 0 amide bonds. The summed E-state index contributed by atoms with van der Waals surface area (Å²) < 4.78 is 2.24. The van der Waals surface area contributed by atoms with Gasteiger partial charge < -0.3 is 10.3 Å². The first-order valence-electron chi connectivity index (χ1n) is 5.92. The Labute approximate surface area is 91.7 Å². The van der Waals surface area contributed by atoms with Gasteiger partial charge in [0.2, 0.25) is 0 Å². The first-order chi connectivity index (χ1) is 7.17. The SMILES string of the molecule is CCC1(Cn2cncc2[C@H](C)N)CCC1. The molecular formula is C12H21N3. The fraction of sp³-hybridized carbons (Fsp3) is 0.750. The van der Waals surface area contributed by atoms with Crippen LogP contribution in [0.2, 0.25) is 0 Å². The van der Waals surface area contributed by atoms with Gasteiger partial charge in [-0.05, 0) is 31.6 Å². The van der Waals surface area contributed by atoms with Crippen LogP contribution in [0.3, 0.4) is 0 Å². The number of hydrogen-bond donors (Lipinski definition) is 1. The Morgan fingerprint density at radius 1 is 1.60 bits per heavy atom. The highest BCUT2D eigenvalue weighted by Crippen LogP contribution is 2.45. The highest BCUT2D eigenvalue weighted by atomic mass is 15.1. The number of hydrogen-bond acceptors (Lipinski definition) is 2. The van der Waals surface area contributed by atoms with Gasteiger partial charge in [-0.15, -0.1) is 0 Å². The number of aromatic nitrogens is 2. The summed E-state index contributed by atoms with van der Waals surface area (Å²) in [6, 6.07) is 0.0847. The quantitative estimate of drug-likeness (QED) is 0.824. The Hall–Kier alpha value is -0.830. The highest BCUT2D eigenvalue weighted by molar-refractivity contribution is 5.04. The van der Waals surface area contributed by atoms with E-state index in [1.54, 1.807) is 0 Å². The van der Waals surface area contributed by atoms with Gasteiger partial charge in [0.15, 0.2) is 0 Å². The fourth-order valence-electron chi connectivity index (χ4n) is 2.50. The first kappa shape index (κ1) is 10.7. The Bertz CT molecular complexity index is 318. The summed E-state index contributed by atoms with van der Waals surface area (Å²) in [7, 11) is 0. The lowest BCUT2D eigenvalue weighted by Crippen LogP contribution is -2.34. The third kappa shape index (κ3) is 1.93. The van der Waals surface area contributed by atoms with Crippen LogP contribution in [-0.4, -0.2) is 9.55 Å². The van der Waals surface area contributed by atoms with E-state index in [1.807, 2.05) is 19.4 Å². The Balaban J connectivity index is 2.13. The molecule has 0 unspecified atom stereocenters. The van der Waals surface area contributed by atoms with E-state index in [1.165, 1.54) is 25.7 Å². The second kappa shape index (κ2) is 3.97. The van der Waals surface area contributed by atoms with Crippen molar-refractivity contribution in [3.63, 3.8) is 0 Å². The maximum absolute atomic E-state index is 5.92. The molecule has 3 nitrogen and oxygen atoms in total. The van der Waals surface area contributed by atoms with Crippen LogP contribution in [0, 0.1) is 5.41 Å². The topological polar surface area (TPSA) is 43.8 Å². The third-order valence-electron chi connectivity index (χ3n) is 3.88. The summed E-state index contributed by atoms with van der Waals surface area (Å²) in [5, 5.41) is 0. The molecule has 1 aromatic rings. The summed E-state index contributed by atoms with van der Waals surface area (Å²) in [4.78, 5) is 4.20.